The third kappa shape index (κ3) is 5.57. The summed E-state index contributed by atoms with van der Waals surface area (Å²) in [6.07, 6.45) is 8.89. The lowest BCUT2D eigenvalue weighted by Gasteiger charge is -2.20. The van der Waals surface area contributed by atoms with Gasteiger partial charge in [-0.25, -0.2) is 4.98 Å². The lowest BCUT2D eigenvalue weighted by Crippen LogP contribution is -2.24. The fraction of sp³-hybridized carbons (Fsp3) is 0.226. The summed E-state index contributed by atoms with van der Waals surface area (Å²) in [5.74, 6) is 0.691. The van der Waals surface area contributed by atoms with Crippen LogP contribution >= 0.6 is 0 Å². The van der Waals surface area contributed by atoms with Crippen molar-refractivity contribution in [1.29, 1.82) is 0 Å². The average Bonchev–Trinajstić information content (AvgIpc) is 2.89. The second kappa shape index (κ2) is 11.7. The molecule has 0 unspecified atom stereocenters. The first-order valence-electron chi connectivity index (χ1n) is 12.4. The van der Waals surface area contributed by atoms with Gasteiger partial charge < -0.3 is 14.2 Å². The lowest BCUT2D eigenvalue weighted by atomic mass is 10.0. The molecule has 7 heteroatoms. The molecular formula is C31H33N5O2. The fourth-order valence-corrected chi connectivity index (χ4v) is 4.48. The highest BCUT2D eigenvalue weighted by atomic mass is 16.5. The predicted molar refractivity (Wildman–Crippen MR) is 155 cm³/mol. The molecule has 0 spiro atoms. The van der Waals surface area contributed by atoms with Gasteiger partial charge in [0, 0.05) is 67.7 Å². The Morgan fingerprint density at radius 1 is 1.18 bits per heavy atom. The first-order chi connectivity index (χ1) is 18.3. The molecule has 3 aromatic heterocycles. The summed E-state index contributed by atoms with van der Waals surface area (Å²) in [5, 5.41) is 0.999. The molecule has 0 radical (unpaired) electrons. The number of nitrogens with zero attached hydrogens (tertiary/aromatic N) is 5. The minimum atomic E-state index is -0.112. The van der Waals surface area contributed by atoms with Crippen molar-refractivity contribution < 1.29 is 4.74 Å². The van der Waals surface area contributed by atoms with Crippen LogP contribution in [0.15, 0.2) is 83.4 Å². The molecule has 3 heterocycles. The number of aromatic nitrogens is 3. The first kappa shape index (κ1) is 26.5. The van der Waals surface area contributed by atoms with E-state index in [1.165, 1.54) is 0 Å². The Balaban J connectivity index is 1.71. The zero-order valence-electron chi connectivity index (χ0n) is 22.6. The van der Waals surface area contributed by atoms with Gasteiger partial charge in [0.05, 0.1) is 17.8 Å². The molecule has 0 N–H and O–H groups in total. The molecule has 0 bridgehead atoms. The standard InChI is InChI=1S/C31H33N5O2/c1-7-10-28(35(5)6)25-17-22(3)34-30-24(25)12-8-13-29(30)38-20-26-21(2)14-15-33-27(26)19-36-16-9-11-23(18-32-4)31(36)37/h7-18H,1,19-20H2,2-6H3/b28-10-,32-18?. The van der Waals surface area contributed by atoms with Crippen LogP contribution in [-0.2, 0) is 13.2 Å². The Morgan fingerprint density at radius 2 is 2.00 bits per heavy atom. The largest absolute Gasteiger partial charge is 0.487 e. The van der Waals surface area contributed by atoms with Crippen LogP contribution in [0.1, 0.15) is 33.6 Å². The monoisotopic (exact) mass is 507 g/mol. The molecule has 194 valence electrons. The zero-order valence-corrected chi connectivity index (χ0v) is 22.6. The molecule has 4 aromatic rings. The molecular weight excluding hydrogens is 474 g/mol. The SMILES string of the molecule is C=C/C=C(/c1cc(C)nc2c(OCc3c(C)ccnc3Cn3cccc(C=NC)c3=O)cccc12)N(C)C. The van der Waals surface area contributed by atoms with Crippen LogP contribution in [0.4, 0.5) is 0 Å². The van der Waals surface area contributed by atoms with Gasteiger partial charge in [-0.2, -0.15) is 0 Å². The van der Waals surface area contributed by atoms with Crippen LogP contribution in [0.5, 0.6) is 5.75 Å². The molecule has 0 saturated heterocycles. The first-order valence-corrected chi connectivity index (χ1v) is 12.4. The van der Waals surface area contributed by atoms with E-state index < -0.39 is 0 Å². The highest BCUT2D eigenvalue weighted by Gasteiger charge is 2.15. The van der Waals surface area contributed by atoms with Crippen LogP contribution in [0, 0.1) is 13.8 Å². The number of aliphatic imine (C=N–C) groups is 1. The fourth-order valence-electron chi connectivity index (χ4n) is 4.48. The lowest BCUT2D eigenvalue weighted by molar-refractivity contribution is 0.306. The number of fused-ring (bicyclic) bond motifs is 1. The van der Waals surface area contributed by atoms with Gasteiger partial charge in [-0.05, 0) is 55.8 Å². The van der Waals surface area contributed by atoms with Gasteiger partial charge in [0.2, 0.25) is 0 Å². The second-order valence-corrected chi connectivity index (χ2v) is 9.27. The third-order valence-corrected chi connectivity index (χ3v) is 6.35. The van der Waals surface area contributed by atoms with Crippen molar-refractivity contribution in [3.8, 4) is 5.75 Å². The van der Waals surface area contributed by atoms with Crippen LogP contribution in [0.25, 0.3) is 16.6 Å². The summed E-state index contributed by atoms with van der Waals surface area (Å²) < 4.78 is 8.05. The average molecular weight is 508 g/mol. The van der Waals surface area contributed by atoms with Gasteiger partial charge in [-0.1, -0.05) is 24.8 Å². The number of hydrogen-bond acceptors (Lipinski definition) is 6. The van der Waals surface area contributed by atoms with Crippen LogP contribution < -0.4 is 10.3 Å². The van der Waals surface area contributed by atoms with Crippen LogP contribution in [0.2, 0.25) is 0 Å². The van der Waals surface area contributed by atoms with Crippen molar-refractivity contribution in [2.45, 2.75) is 27.0 Å². The quantitative estimate of drug-likeness (QED) is 0.231. The van der Waals surface area contributed by atoms with Crippen LogP contribution in [0.3, 0.4) is 0 Å². The molecule has 0 fully saturated rings. The van der Waals surface area contributed by atoms with E-state index in [0.717, 1.165) is 44.7 Å². The molecule has 7 nitrogen and oxygen atoms in total. The van der Waals surface area contributed by atoms with Gasteiger partial charge in [0.15, 0.2) is 0 Å². The maximum Gasteiger partial charge on any atom is 0.259 e. The van der Waals surface area contributed by atoms with Gasteiger partial charge in [0.1, 0.15) is 17.9 Å². The molecule has 0 saturated carbocycles. The third-order valence-electron chi connectivity index (χ3n) is 6.35. The number of allylic oxidation sites excluding steroid dienone is 2. The Hall–Kier alpha value is -4.52. The minimum absolute atomic E-state index is 0.112. The summed E-state index contributed by atoms with van der Waals surface area (Å²) in [5.41, 5.74) is 7.00. The normalized spacial score (nSPS) is 11.8. The Bertz CT molecular complexity index is 1600. The summed E-state index contributed by atoms with van der Waals surface area (Å²) in [7, 11) is 5.68. The number of ether oxygens (including phenoxy) is 1. The maximum absolute atomic E-state index is 12.9. The van der Waals surface area contributed by atoms with E-state index in [0.29, 0.717) is 24.5 Å². The number of benzene rings is 1. The van der Waals surface area contributed by atoms with Gasteiger partial charge in [-0.15, -0.1) is 0 Å². The number of aryl methyl sites for hydroxylation is 2. The summed E-state index contributed by atoms with van der Waals surface area (Å²) in [6, 6.07) is 13.6. The smallest absolute Gasteiger partial charge is 0.259 e. The summed E-state index contributed by atoms with van der Waals surface area (Å²) in [6.45, 7) is 8.53. The van der Waals surface area contributed by atoms with Crippen molar-refractivity contribution >= 4 is 22.8 Å². The van der Waals surface area contributed by atoms with E-state index in [1.807, 2.05) is 58.3 Å². The van der Waals surface area contributed by atoms with E-state index in [9.17, 15) is 4.79 Å². The Labute approximate surface area is 223 Å². The molecule has 0 aliphatic heterocycles. The molecule has 4 rings (SSSR count). The number of hydrogen-bond donors (Lipinski definition) is 0. The van der Waals surface area contributed by atoms with Gasteiger partial charge in [-0.3, -0.25) is 14.8 Å². The molecule has 0 aliphatic carbocycles. The van der Waals surface area contributed by atoms with Gasteiger partial charge in [0.25, 0.3) is 5.56 Å². The number of rotatable bonds is 9. The van der Waals surface area contributed by atoms with E-state index >= 15 is 0 Å². The highest BCUT2D eigenvalue weighted by Crippen LogP contribution is 2.32. The predicted octanol–water partition coefficient (Wildman–Crippen LogP) is 5.17. The molecule has 1 aromatic carbocycles. The number of pyridine rings is 3. The van der Waals surface area contributed by atoms with Gasteiger partial charge >= 0.3 is 0 Å². The van der Waals surface area contributed by atoms with Crippen molar-refractivity contribution in [3.63, 3.8) is 0 Å². The summed E-state index contributed by atoms with van der Waals surface area (Å²) in [4.78, 5) is 28.4. The highest BCUT2D eigenvalue weighted by molar-refractivity contribution is 5.94. The molecule has 38 heavy (non-hydrogen) atoms. The maximum atomic E-state index is 12.9. The van der Waals surface area contributed by atoms with Crippen molar-refractivity contribution in [3.05, 3.63) is 118 Å². The Morgan fingerprint density at radius 3 is 2.74 bits per heavy atom. The topological polar surface area (TPSA) is 72.6 Å². The Kier molecular flexibility index (Phi) is 8.16. The van der Waals surface area contributed by atoms with Crippen molar-refractivity contribution in [1.82, 2.24) is 19.4 Å². The minimum Gasteiger partial charge on any atom is -0.487 e. The van der Waals surface area contributed by atoms with E-state index in [-0.39, 0.29) is 5.56 Å². The van der Waals surface area contributed by atoms with E-state index in [2.05, 4.69) is 33.6 Å². The van der Waals surface area contributed by atoms with E-state index in [1.54, 1.807) is 42.4 Å². The van der Waals surface area contributed by atoms with Crippen molar-refractivity contribution in [2.24, 2.45) is 4.99 Å². The molecule has 0 aliphatic rings. The number of para-hydroxylation sites is 1. The molecule has 0 atom stereocenters. The molecule has 0 amide bonds. The summed E-state index contributed by atoms with van der Waals surface area (Å²) >= 11 is 0. The van der Waals surface area contributed by atoms with Crippen molar-refractivity contribution in [2.75, 3.05) is 21.1 Å². The second-order valence-electron chi connectivity index (χ2n) is 9.27. The zero-order chi connectivity index (χ0) is 27.2. The van der Waals surface area contributed by atoms with E-state index in [4.69, 9.17) is 9.72 Å². The van der Waals surface area contributed by atoms with Crippen LogP contribution in [-0.4, -0.2) is 46.8 Å².